The molecular formula is C22H22ClF2N3O3. The summed E-state index contributed by atoms with van der Waals surface area (Å²) in [6.45, 7) is 4.28. The second kappa shape index (κ2) is 8.18. The van der Waals surface area contributed by atoms with Crippen molar-refractivity contribution in [3.63, 3.8) is 0 Å². The van der Waals surface area contributed by atoms with Crippen LogP contribution >= 0.6 is 12.4 Å². The predicted molar refractivity (Wildman–Crippen MR) is 114 cm³/mol. The Labute approximate surface area is 184 Å². The van der Waals surface area contributed by atoms with Crippen LogP contribution < -0.4 is 5.32 Å². The lowest BCUT2D eigenvalue weighted by Crippen LogP contribution is -2.66. The number of hydrogen-bond donors (Lipinski definition) is 1. The first kappa shape index (κ1) is 21.7. The number of carbonyl (C=O) groups is 1. The van der Waals surface area contributed by atoms with Gasteiger partial charge in [-0.3, -0.25) is 14.7 Å². The zero-order valence-corrected chi connectivity index (χ0v) is 17.9. The minimum Gasteiger partial charge on any atom is -0.454 e. The third kappa shape index (κ3) is 3.58. The van der Waals surface area contributed by atoms with Crippen molar-refractivity contribution in [2.24, 2.45) is 0 Å². The fourth-order valence-corrected chi connectivity index (χ4v) is 4.38. The summed E-state index contributed by atoms with van der Waals surface area (Å²) in [5, 5.41) is 2.37. The number of furan rings is 1. The van der Waals surface area contributed by atoms with Crippen molar-refractivity contribution in [3.05, 3.63) is 52.7 Å². The molecule has 0 spiro atoms. The van der Waals surface area contributed by atoms with E-state index in [4.69, 9.17) is 9.15 Å². The lowest BCUT2D eigenvalue weighted by Gasteiger charge is -2.52. The maximum absolute atomic E-state index is 15.0. The standard InChI is InChI=1S/C22H21F2N3O3.ClH/c1-11-5-17-20(26-9-11)13(8-16-18-10-27(16)3-4-29-18)21(30-17)19-14(23)6-12(7-15(19)24)22(28)25-2;/h5-7,9,16,18H,3-4,8,10H2,1-2H3,(H,25,28);1H/t16-,18-;/m0./s1. The summed E-state index contributed by atoms with van der Waals surface area (Å²) >= 11 is 0. The van der Waals surface area contributed by atoms with Crippen LogP contribution in [0.25, 0.3) is 22.4 Å². The third-order valence-corrected chi connectivity index (χ3v) is 5.96. The van der Waals surface area contributed by atoms with Gasteiger partial charge in [-0.05, 0) is 37.1 Å². The molecule has 0 radical (unpaired) electrons. The molecule has 2 aromatic heterocycles. The molecule has 2 fully saturated rings. The van der Waals surface area contributed by atoms with Crippen molar-refractivity contribution in [3.8, 4) is 11.3 Å². The Morgan fingerprint density at radius 3 is 2.65 bits per heavy atom. The van der Waals surface area contributed by atoms with Gasteiger partial charge in [-0.1, -0.05) is 0 Å². The van der Waals surface area contributed by atoms with Gasteiger partial charge in [-0.15, -0.1) is 12.4 Å². The number of rotatable bonds is 4. The number of fused-ring (bicyclic) bond motifs is 3. The van der Waals surface area contributed by atoms with E-state index >= 15 is 8.78 Å². The molecule has 0 aliphatic carbocycles. The van der Waals surface area contributed by atoms with Crippen molar-refractivity contribution in [2.75, 3.05) is 26.7 Å². The molecule has 3 atom stereocenters. The number of aryl methyl sites for hydroxylation is 1. The lowest BCUT2D eigenvalue weighted by atomic mass is 9.89. The summed E-state index contributed by atoms with van der Waals surface area (Å²) in [7, 11) is 1.41. The number of halogens is 3. The van der Waals surface area contributed by atoms with E-state index in [1.165, 1.54) is 7.05 Å². The average Bonchev–Trinajstić information content (AvgIpc) is 3.08. The molecule has 4 heterocycles. The SMILES string of the molecule is CNC(=O)c1cc(F)c(-c2oc3cc(C)cnc3c2C[C@H]2[C@@H]3CN2CCO3)c(F)c1.Cl. The van der Waals surface area contributed by atoms with Gasteiger partial charge >= 0.3 is 0 Å². The predicted octanol–water partition coefficient (Wildman–Crippen LogP) is 3.49. The highest BCUT2D eigenvalue weighted by molar-refractivity contribution is 5.95. The minimum absolute atomic E-state index is 0. The molecule has 1 unspecified atom stereocenters. The number of ether oxygens (including phenoxy) is 1. The number of nitrogens with zero attached hydrogens (tertiary/aromatic N) is 2. The molecule has 31 heavy (non-hydrogen) atoms. The largest absolute Gasteiger partial charge is 0.454 e. The summed E-state index contributed by atoms with van der Waals surface area (Å²) < 4.78 is 41.8. The molecule has 0 saturated carbocycles. The van der Waals surface area contributed by atoms with E-state index in [0.29, 0.717) is 29.7 Å². The Morgan fingerprint density at radius 2 is 2.03 bits per heavy atom. The van der Waals surface area contributed by atoms with E-state index in [2.05, 4.69) is 15.2 Å². The van der Waals surface area contributed by atoms with E-state index in [9.17, 15) is 4.79 Å². The van der Waals surface area contributed by atoms with Crippen LogP contribution in [-0.4, -0.2) is 54.7 Å². The van der Waals surface area contributed by atoms with E-state index in [0.717, 1.165) is 30.8 Å². The summed E-state index contributed by atoms with van der Waals surface area (Å²) in [4.78, 5) is 18.6. The Morgan fingerprint density at radius 1 is 1.29 bits per heavy atom. The smallest absolute Gasteiger partial charge is 0.251 e. The van der Waals surface area contributed by atoms with Crippen LogP contribution in [0.4, 0.5) is 8.78 Å². The molecular weight excluding hydrogens is 428 g/mol. The quantitative estimate of drug-likeness (QED) is 0.660. The summed E-state index contributed by atoms with van der Waals surface area (Å²) in [5.74, 6) is -2.14. The fraction of sp³-hybridized carbons (Fsp3) is 0.364. The molecule has 2 saturated heterocycles. The third-order valence-electron chi connectivity index (χ3n) is 5.96. The van der Waals surface area contributed by atoms with Gasteiger partial charge in [0.1, 0.15) is 22.9 Å². The zero-order valence-electron chi connectivity index (χ0n) is 17.1. The van der Waals surface area contributed by atoms with Crippen LogP contribution in [0.5, 0.6) is 0 Å². The molecule has 2 aliphatic rings. The van der Waals surface area contributed by atoms with Crippen LogP contribution in [0.3, 0.4) is 0 Å². The van der Waals surface area contributed by atoms with Crippen LogP contribution in [-0.2, 0) is 11.2 Å². The Bertz CT molecular complexity index is 1130. The maximum Gasteiger partial charge on any atom is 0.251 e. The molecule has 3 aromatic rings. The monoisotopic (exact) mass is 449 g/mol. The van der Waals surface area contributed by atoms with Gasteiger partial charge in [-0.2, -0.15) is 0 Å². The Hall–Kier alpha value is -2.55. The van der Waals surface area contributed by atoms with Crippen LogP contribution in [0.1, 0.15) is 21.5 Å². The van der Waals surface area contributed by atoms with Crippen molar-refractivity contribution < 1.29 is 22.7 Å². The molecule has 5 rings (SSSR count). The highest BCUT2D eigenvalue weighted by Gasteiger charge is 2.43. The molecule has 2 aliphatic heterocycles. The number of nitrogens with one attached hydrogen (secondary N) is 1. The van der Waals surface area contributed by atoms with Gasteiger partial charge in [0.2, 0.25) is 0 Å². The number of benzene rings is 1. The second-order valence-electron chi connectivity index (χ2n) is 7.84. The molecule has 1 aromatic carbocycles. The van der Waals surface area contributed by atoms with Crippen LogP contribution in [0.2, 0.25) is 0 Å². The summed E-state index contributed by atoms with van der Waals surface area (Å²) in [5.41, 5.74) is 2.24. The van der Waals surface area contributed by atoms with Crippen molar-refractivity contribution in [2.45, 2.75) is 25.5 Å². The molecule has 2 bridgehead atoms. The van der Waals surface area contributed by atoms with E-state index in [-0.39, 0.29) is 41.4 Å². The van der Waals surface area contributed by atoms with Crippen molar-refractivity contribution in [1.29, 1.82) is 0 Å². The molecule has 1 N–H and O–H groups in total. The second-order valence-corrected chi connectivity index (χ2v) is 7.84. The number of amides is 1. The minimum atomic E-state index is -0.851. The highest BCUT2D eigenvalue weighted by atomic mass is 35.5. The van der Waals surface area contributed by atoms with Gasteiger partial charge in [0.15, 0.2) is 5.58 Å². The first-order chi connectivity index (χ1) is 14.5. The lowest BCUT2D eigenvalue weighted by molar-refractivity contribution is -0.159. The van der Waals surface area contributed by atoms with Gasteiger partial charge in [0, 0.05) is 43.5 Å². The number of aromatic nitrogens is 1. The van der Waals surface area contributed by atoms with Gasteiger partial charge in [0.25, 0.3) is 5.91 Å². The average molecular weight is 450 g/mol. The van der Waals surface area contributed by atoms with E-state index < -0.39 is 17.5 Å². The number of hydrogen-bond acceptors (Lipinski definition) is 5. The van der Waals surface area contributed by atoms with E-state index in [1.54, 1.807) is 6.20 Å². The van der Waals surface area contributed by atoms with Crippen molar-refractivity contribution >= 4 is 29.4 Å². The number of carbonyl (C=O) groups excluding carboxylic acids is 1. The zero-order chi connectivity index (χ0) is 21.0. The maximum atomic E-state index is 15.0. The van der Waals surface area contributed by atoms with Gasteiger partial charge in [0.05, 0.1) is 18.3 Å². The van der Waals surface area contributed by atoms with Crippen LogP contribution in [0, 0.1) is 18.6 Å². The highest BCUT2D eigenvalue weighted by Crippen LogP contribution is 2.39. The molecule has 9 heteroatoms. The van der Waals surface area contributed by atoms with E-state index in [1.807, 2.05) is 13.0 Å². The number of morpholine rings is 2. The topological polar surface area (TPSA) is 67.6 Å². The first-order valence-electron chi connectivity index (χ1n) is 9.91. The molecule has 1 amide bonds. The molecule has 164 valence electrons. The summed E-state index contributed by atoms with van der Waals surface area (Å²) in [6, 6.07) is 3.98. The number of pyridine rings is 1. The first-order valence-corrected chi connectivity index (χ1v) is 9.91. The summed E-state index contributed by atoms with van der Waals surface area (Å²) in [6.07, 6.45) is 2.33. The van der Waals surface area contributed by atoms with Crippen molar-refractivity contribution in [1.82, 2.24) is 15.2 Å². The Balaban J connectivity index is 0.00000231. The molecule has 6 nitrogen and oxygen atoms in total. The Kier molecular flexibility index (Phi) is 5.72. The fourth-order valence-electron chi connectivity index (χ4n) is 4.38. The normalized spacial score (nSPS) is 22.0. The van der Waals surface area contributed by atoms with Gasteiger partial charge in [-0.25, -0.2) is 8.78 Å². The van der Waals surface area contributed by atoms with Crippen LogP contribution in [0.15, 0.2) is 28.8 Å². The van der Waals surface area contributed by atoms with Gasteiger partial charge < -0.3 is 14.5 Å².